The SMILES string of the molecule is CCc1cc(S(C)(=O)=O)cc(F)c1Nc1cc2c(ncn2C)c(N=C(c2ccccc2)c2ccccc2)n1. The molecule has 0 atom stereocenters. The molecule has 0 saturated heterocycles. The first kappa shape index (κ1) is 25.3. The Morgan fingerprint density at radius 1 is 1.00 bits per heavy atom. The molecule has 5 aromatic rings. The Balaban J connectivity index is 1.68. The van der Waals surface area contributed by atoms with Gasteiger partial charge in [-0.05, 0) is 24.1 Å². The highest BCUT2D eigenvalue weighted by Gasteiger charge is 2.18. The Bertz CT molecular complexity index is 1720. The summed E-state index contributed by atoms with van der Waals surface area (Å²) >= 11 is 0. The number of nitrogens with one attached hydrogen (secondary N) is 1. The second-order valence-corrected chi connectivity index (χ2v) is 11.0. The fourth-order valence-corrected chi connectivity index (χ4v) is 4.92. The van der Waals surface area contributed by atoms with Crippen LogP contribution >= 0.6 is 0 Å². The highest BCUT2D eigenvalue weighted by molar-refractivity contribution is 7.90. The van der Waals surface area contributed by atoms with E-state index in [1.54, 1.807) is 12.4 Å². The average molecular weight is 528 g/mol. The molecule has 0 aliphatic carbocycles. The van der Waals surface area contributed by atoms with Crippen molar-refractivity contribution in [3.63, 3.8) is 0 Å². The monoisotopic (exact) mass is 527 g/mol. The Kier molecular flexibility index (Phi) is 6.77. The quantitative estimate of drug-likeness (QED) is 0.263. The third kappa shape index (κ3) is 5.05. The minimum atomic E-state index is -3.56. The highest BCUT2D eigenvalue weighted by atomic mass is 32.2. The molecule has 5 rings (SSSR count). The summed E-state index contributed by atoms with van der Waals surface area (Å²) in [6.07, 6.45) is 3.17. The van der Waals surface area contributed by atoms with Crippen LogP contribution in [-0.4, -0.2) is 34.9 Å². The molecular formula is C29H26FN5O2S. The Labute approximate surface area is 220 Å². The second-order valence-electron chi connectivity index (χ2n) is 8.94. The van der Waals surface area contributed by atoms with E-state index in [0.717, 1.165) is 34.7 Å². The number of aromatic nitrogens is 3. The van der Waals surface area contributed by atoms with Gasteiger partial charge in [-0.2, -0.15) is 0 Å². The number of nitrogens with zero attached hydrogens (tertiary/aromatic N) is 4. The van der Waals surface area contributed by atoms with Gasteiger partial charge < -0.3 is 9.88 Å². The first-order valence-corrected chi connectivity index (χ1v) is 13.9. The van der Waals surface area contributed by atoms with E-state index < -0.39 is 15.7 Å². The van der Waals surface area contributed by atoms with Crippen molar-refractivity contribution in [3.05, 3.63) is 108 Å². The molecule has 0 fully saturated rings. The van der Waals surface area contributed by atoms with Crippen molar-refractivity contribution in [2.75, 3.05) is 11.6 Å². The summed E-state index contributed by atoms with van der Waals surface area (Å²) in [5, 5.41) is 3.08. The fraction of sp³-hybridized carbons (Fsp3) is 0.138. The van der Waals surface area contributed by atoms with E-state index in [-0.39, 0.29) is 10.6 Å². The molecule has 0 radical (unpaired) electrons. The molecule has 0 amide bonds. The molecule has 0 aliphatic heterocycles. The van der Waals surface area contributed by atoms with Crippen LogP contribution in [0.1, 0.15) is 23.6 Å². The number of benzene rings is 3. The topological polar surface area (TPSA) is 89.2 Å². The van der Waals surface area contributed by atoms with Crippen LogP contribution in [0.3, 0.4) is 0 Å². The van der Waals surface area contributed by atoms with E-state index in [0.29, 0.717) is 29.1 Å². The molecule has 1 N–H and O–H groups in total. The van der Waals surface area contributed by atoms with Crippen LogP contribution in [0.2, 0.25) is 0 Å². The van der Waals surface area contributed by atoms with Crippen molar-refractivity contribution in [3.8, 4) is 0 Å². The normalized spacial score (nSPS) is 11.5. The van der Waals surface area contributed by atoms with Crippen LogP contribution < -0.4 is 5.32 Å². The fourth-order valence-electron chi connectivity index (χ4n) is 4.24. The van der Waals surface area contributed by atoms with Crippen LogP contribution in [-0.2, 0) is 23.3 Å². The van der Waals surface area contributed by atoms with Gasteiger partial charge in [-0.15, -0.1) is 0 Å². The number of fused-ring (bicyclic) bond motifs is 1. The predicted octanol–water partition coefficient (Wildman–Crippen LogP) is 5.99. The summed E-state index contributed by atoms with van der Waals surface area (Å²) in [6, 6.07) is 23.9. The minimum Gasteiger partial charge on any atom is -0.337 e. The third-order valence-electron chi connectivity index (χ3n) is 6.21. The molecule has 2 aromatic heterocycles. The highest BCUT2D eigenvalue weighted by Crippen LogP contribution is 2.32. The number of anilines is 2. The van der Waals surface area contributed by atoms with Crippen LogP contribution in [0, 0.1) is 5.82 Å². The van der Waals surface area contributed by atoms with E-state index in [1.807, 2.05) is 79.2 Å². The zero-order valence-corrected chi connectivity index (χ0v) is 22.0. The lowest BCUT2D eigenvalue weighted by Gasteiger charge is -2.14. The largest absolute Gasteiger partial charge is 0.337 e. The first-order chi connectivity index (χ1) is 18.2. The molecule has 0 bridgehead atoms. The van der Waals surface area contributed by atoms with Gasteiger partial charge in [-0.3, -0.25) is 0 Å². The number of rotatable bonds is 7. The maximum Gasteiger partial charge on any atom is 0.183 e. The molecule has 3 aromatic carbocycles. The molecule has 192 valence electrons. The predicted molar refractivity (Wildman–Crippen MR) is 149 cm³/mol. The number of sulfone groups is 1. The van der Waals surface area contributed by atoms with Crippen molar-refractivity contribution in [2.45, 2.75) is 18.2 Å². The third-order valence-corrected chi connectivity index (χ3v) is 7.31. The molecule has 9 heteroatoms. The number of halogens is 1. The second kappa shape index (κ2) is 10.2. The van der Waals surface area contributed by atoms with Crippen LogP contribution in [0.5, 0.6) is 0 Å². The zero-order chi connectivity index (χ0) is 26.9. The Morgan fingerprint density at radius 3 is 2.21 bits per heavy atom. The van der Waals surface area contributed by atoms with Crippen LogP contribution in [0.4, 0.5) is 21.7 Å². The Hall–Kier alpha value is -4.37. The van der Waals surface area contributed by atoms with Crippen LogP contribution in [0.15, 0.2) is 95.1 Å². The van der Waals surface area contributed by atoms with Gasteiger partial charge in [-0.25, -0.2) is 27.8 Å². The van der Waals surface area contributed by atoms with E-state index >= 15 is 4.39 Å². The number of pyridine rings is 1. The maximum absolute atomic E-state index is 15.2. The smallest absolute Gasteiger partial charge is 0.183 e. The lowest BCUT2D eigenvalue weighted by Crippen LogP contribution is -2.06. The average Bonchev–Trinajstić information content (AvgIpc) is 3.29. The van der Waals surface area contributed by atoms with Gasteiger partial charge in [0.25, 0.3) is 0 Å². The minimum absolute atomic E-state index is 0.0619. The molecule has 2 heterocycles. The van der Waals surface area contributed by atoms with E-state index in [2.05, 4.69) is 10.3 Å². The molecule has 0 saturated carbocycles. The van der Waals surface area contributed by atoms with Gasteiger partial charge in [0.05, 0.1) is 28.1 Å². The van der Waals surface area contributed by atoms with Gasteiger partial charge in [0.15, 0.2) is 15.7 Å². The van der Waals surface area contributed by atoms with Crippen molar-refractivity contribution >= 4 is 43.9 Å². The van der Waals surface area contributed by atoms with Crippen molar-refractivity contribution in [2.24, 2.45) is 12.0 Å². The maximum atomic E-state index is 15.2. The van der Waals surface area contributed by atoms with Gasteiger partial charge in [0.1, 0.15) is 17.2 Å². The molecule has 0 spiro atoms. The Morgan fingerprint density at radius 2 is 1.63 bits per heavy atom. The summed E-state index contributed by atoms with van der Waals surface area (Å²) in [5.41, 5.74) is 4.61. The molecule has 0 aliphatic rings. The molecular weight excluding hydrogens is 501 g/mol. The summed E-state index contributed by atoms with van der Waals surface area (Å²) in [4.78, 5) is 14.2. The molecule has 0 unspecified atom stereocenters. The number of aliphatic imine (C=N–C) groups is 1. The molecule has 38 heavy (non-hydrogen) atoms. The zero-order valence-electron chi connectivity index (χ0n) is 21.2. The van der Waals surface area contributed by atoms with Crippen molar-refractivity contribution in [1.29, 1.82) is 0 Å². The van der Waals surface area contributed by atoms with Gasteiger partial charge >= 0.3 is 0 Å². The van der Waals surface area contributed by atoms with Gasteiger partial charge in [0.2, 0.25) is 0 Å². The van der Waals surface area contributed by atoms with Crippen molar-refractivity contribution < 1.29 is 12.8 Å². The summed E-state index contributed by atoms with van der Waals surface area (Å²) in [7, 11) is -1.70. The van der Waals surface area contributed by atoms with Crippen molar-refractivity contribution in [1.82, 2.24) is 14.5 Å². The number of imidazole rings is 1. The number of hydrogen-bond acceptors (Lipinski definition) is 6. The van der Waals surface area contributed by atoms with E-state index in [4.69, 9.17) is 9.98 Å². The lowest BCUT2D eigenvalue weighted by molar-refractivity contribution is 0.596. The van der Waals surface area contributed by atoms with Gasteiger partial charge in [-0.1, -0.05) is 67.6 Å². The standard InChI is InChI=1S/C29H26FN5O2S/c1-4-19-15-22(38(3,36)37)16-23(30)27(19)32-25-17-24-28(31-18-35(24)2)29(33-25)34-26(20-11-7-5-8-12-20)21-13-9-6-10-14-21/h5-18H,4H2,1-3H3,(H,32,33). The summed E-state index contributed by atoms with van der Waals surface area (Å²) < 4.78 is 41.1. The molecule has 7 nitrogen and oxygen atoms in total. The summed E-state index contributed by atoms with van der Waals surface area (Å²) in [5.74, 6) is 0.0662. The number of hydrogen-bond donors (Lipinski definition) is 1. The lowest BCUT2D eigenvalue weighted by atomic mass is 10.0. The number of aryl methyl sites for hydroxylation is 2. The summed E-state index contributed by atoms with van der Waals surface area (Å²) in [6.45, 7) is 1.84. The van der Waals surface area contributed by atoms with Crippen LogP contribution in [0.25, 0.3) is 11.0 Å². The van der Waals surface area contributed by atoms with Gasteiger partial charge in [0, 0.05) is 30.5 Å². The van der Waals surface area contributed by atoms with E-state index in [1.165, 1.54) is 6.07 Å². The first-order valence-electron chi connectivity index (χ1n) is 12.1. The van der Waals surface area contributed by atoms with E-state index in [9.17, 15) is 8.42 Å².